The summed E-state index contributed by atoms with van der Waals surface area (Å²) in [5.74, 6) is 0. The van der Waals surface area contributed by atoms with Gasteiger partial charge in [0.25, 0.3) is 0 Å². The molecular weight excluding hydrogens is 246 g/mol. The minimum absolute atomic E-state index is 0.788. The molecule has 0 fully saturated rings. The Bertz CT molecular complexity index is 750. The van der Waals surface area contributed by atoms with E-state index in [1.165, 1.54) is 10.9 Å². The lowest BCUT2D eigenvalue weighted by molar-refractivity contribution is 1.11. The first kappa shape index (κ1) is 12.6. The first-order valence-electron chi connectivity index (χ1n) is 6.74. The van der Waals surface area contributed by atoms with Crippen LogP contribution in [0.25, 0.3) is 10.9 Å². The van der Waals surface area contributed by atoms with Crippen LogP contribution in [-0.4, -0.2) is 9.97 Å². The van der Waals surface area contributed by atoms with Gasteiger partial charge in [-0.25, -0.2) is 0 Å². The molecule has 3 heteroatoms. The van der Waals surface area contributed by atoms with Crippen molar-refractivity contribution in [2.75, 3.05) is 5.32 Å². The Labute approximate surface area is 118 Å². The van der Waals surface area contributed by atoms with Crippen molar-refractivity contribution in [2.24, 2.45) is 0 Å². The molecule has 1 aromatic carbocycles. The van der Waals surface area contributed by atoms with Crippen molar-refractivity contribution < 1.29 is 0 Å². The van der Waals surface area contributed by atoms with Crippen molar-refractivity contribution in [3.63, 3.8) is 0 Å². The fourth-order valence-corrected chi connectivity index (χ4v) is 2.26. The summed E-state index contributed by atoms with van der Waals surface area (Å²) in [6.07, 6.45) is 1.81. The molecule has 0 saturated heterocycles. The van der Waals surface area contributed by atoms with Crippen LogP contribution in [0.1, 0.15) is 17.0 Å². The molecule has 0 aliphatic carbocycles. The largest absolute Gasteiger partial charge is 0.380 e. The third kappa shape index (κ3) is 2.62. The van der Waals surface area contributed by atoms with E-state index in [9.17, 15) is 0 Å². The number of fused-ring (bicyclic) bond motifs is 1. The van der Waals surface area contributed by atoms with Gasteiger partial charge >= 0.3 is 0 Å². The lowest BCUT2D eigenvalue weighted by atomic mass is 10.1. The Morgan fingerprint density at radius 3 is 2.80 bits per heavy atom. The molecule has 2 heterocycles. The number of pyridine rings is 2. The minimum Gasteiger partial charge on any atom is -0.380 e. The van der Waals surface area contributed by atoms with Crippen LogP contribution in [0.15, 0.2) is 48.7 Å². The van der Waals surface area contributed by atoms with E-state index in [1.807, 2.05) is 38.2 Å². The number of nitrogens with one attached hydrogen (secondary N) is 1. The summed E-state index contributed by atoms with van der Waals surface area (Å²) in [7, 11) is 0. The van der Waals surface area contributed by atoms with Gasteiger partial charge in [-0.15, -0.1) is 0 Å². The van der Waals surface area contributed by atoms with Crippen molar-refractivity contribution in [1.29, 1.82) is 0 Å². The fraction of sp³-hybridized carbons (Fsp3) is 0.176. The van der Waals surface area contributed by atoms with Crippen LogP contribution in [-0.2, 0) is 6.54 Å². The maximum atomic E-state index is 4.52. The fourth-order valence-electron chi connectivity index (χ4n) is 2.26. The Morgan fingerprint density at radius 1 is 1.05 bits per heavy atom. The topological polar surface area (TPSA) is 37.8 Å². The summed E-state index contributed by atoms with van der Waals surface area (Å²) in [6, 6.07) is 14.5. The Kier molecular flexibility index (Phi) is 3.33. The van der Waals surface area contributed by atoms with Gasteiger partial charge in [0.05, 0.1) is 16.9 Å². The summed E-state index contributed by atoms with van der Waals surface area (Å²) in [6.45, 7) is 4.81. The summed E-state index contributed by atoms with van der Waals surface area (Å²) >= 11 is 0. The zero-order chi connectivity index (χ0) is 13.9. The van der Waals surface area contributed by atoms with E-state index in [4.69, 9.17) is 0 Å². The number of anilines is 1. The predicted octanol–water partition coefficient (Wildman–Crippen LogP) is 3.86. The van der Waals surface area contributed by atoms with E-state index in [-0.39, 0.29) is 0 Å². The van der Waals surface area contributed by atoms with Gasteiger partial charge in [0.1, 0.15) is 0 Å². The van der Waals surface area contributed by atoms with Crippen LogP contribution in [0.4, 0.5) is 5.69 Å². The van der Waals surface area contributed by atoms with Crippen molar-refractivity contribution in [2.45, 2.75) is 20.4 Å². The molecule has 0 radical (unpaired) electrons. The third-order valence-corrected chi connectivity index (χ3v) is 3.38. The average Bonchev–Trinajstić information content (AvgIpc) is 2.46. The molecule has 1 N–H and O–H groups in total. The Morgan fingerprint density at radius 2 is 1.95 bits per heavy atom. The zero-order valence-electron chi connectivity index (χ0n) is 11.7. The second-order valence-electron chi connectivity index (χ2n) is 4.97. The SMILES string of the molecule is Cc1ccc2cc(CNc3cccnc3C)ccc2n1. The molecule has 100 valence electrons. The number of hydrogen-bond donors (Lipinski definition) is 1. The number of rotatable bonds is 3. The van der Waals surface area contributed by atoms with E-state index in [0.717, 1.165) is 29.1 Å². The van der Waals surface area contributed by atoms with Crippen LogP contribution in [0, 0.1) is 13.8 Å². The van der Waals surface area contributed by atoms with Gasteiger partial charge in [-0.1, -0.05) is 12.1 Å². The van der Waals surface area contributed by atoms with Gasteiger partial charge in [-0.3, -0.25) is 9.97 Å². The third-order valence-electron chi connectivity index (χ3n) is 3.38. The van der Waals surface area contributed by atoms with Crippen LogP contribution in [0.3, 0.4) is 0 Å². The number of benzene rings is 1. The molecular formula is C17H17N3. The Hall–Kier alpha value is -2.42. The monoisotopic (exact) mass is 263 g/mol. The van der Waals surface area contributed by atoms with Gasteiger partial charge in [0, 0.05) is 23.8 Å². The average molecular weight is 263 g/mol. The van der Waals surface area contributed by atoms with E-state index in [1.54, 1.807) is 0 Å². The molecule has 0 spiro atoms. The summed E-state index contributed by atoms with van der Waals surface area (Å²) in [5.41, 5.74) is 5.44. The van der Waals surface area contributed by atoms with Gasteiger partial charge in [0.15, 0.2) is 0 Å². The lowest BCUT2D eigenvalue weighted by Gasteiger charge is -2.09. The number of aryl methyl sites for hydroxylation is 2. The highest BCUT2D eigenvalue weighted by Crippen LogP contribution is 2.17. The second kappa shape index (κ2) is 5.29. The smallest absolute Gasteiger partial charge is 0.0705 e. The zero-order valence-corrected chi connectivity index (χ0v) is 11.7. The quantitative estimate of drug-likeness (QED) is 0.779. The molecule has 3 rings (SSSR count). The summed E-state index contributed by atoms with van der Waals surface area (Å²) in [5, 5.41) is 4.60. The van der Waals surface area contributed by atoms with E-state index in [0.29, 0.717) is 0 Å². The molecule has 0 aliphatic rings. The summed E-state index contributed by atoms with van der Waals surface area (Å²) in [4.78, 5) is 8.80. The van der Waals surface area contributed by atoms with Crippen molar-refractivity contribution >= 4 is 16.6 Å². The highest BCUT2D eigenvalue weighted by molar-refractivity contribution is 5.79. The van der Waals surface area contributed by atoms with Crippen LogP contribution >= 0.6 is 0 Å². The maximum absolute atomic E-state index is 4.52. The summed E-state index contributed by atoms with van der Waals surface area (Å²) < 4.78 is 0. The van der Waals surface area contributed by atoms with Crippen molar-refractivity contribution in [3.05, 3.63) is 65.6 Å². The van der Waals surface area contributed by atoms with Crippen LogP contribution in [0.2, 0.25) is 0 Å². The van der Waals surface area contributed by atoms with Gasteiger partial charge in [-0.05, 0) is 49.7 Å². The molecule has 3 nitrogen and oxygen atoms in total. The second-order valence-corrected chi connectivity index (χ2v) is 4.97. The first-order chi connectivity index (χ1) is 9.72. The lowest BCUT2D eigenvalue weighted by Crippen LogP contribution is -2.01. The van der Waals surface area contributed by atoms with Crippen LogP contribution < -0.4 is 5.32 Å². The Balaban J connectivity index is 1.81. The molecule has 3 aromatic rings. The van der Waals surface area contributed by atoms with Gasteiger partial charge < -0.3 is 5.32 Å². The molecule has 0 unspecified atom stereocenters. The molecule has 0 bridgehead atoms. The molecule has 0 aliphatic heterocycles. The molecule has 0 atom stereocenters. The minimum atomic E-state index is 0.788. The van der Waals surface area contributed by atoms with E-state index < -0.39 is 0 Å². The highest BCUT2D eigenvalue weighted by atomic mass is 14.9. The predicted molar refractivity (Wildman–Crippen MR) is 82.8 cm³/mol. The van der Waals surface area contributed by atoms with Gasteiger partial charge in [-0.2, -0.15) is 0 Å². The number of hydrogen-bond acceptors (Lipinski definition) is 3. The molecule has 20 heavy (non-hydrogen) atoms. The van der Waals surface area contributed by atoms with E-state index in [2.05, 4.69) is 39.6 Å². The molecule has 0 amide bonds. The first-order valence-corrected chi connectivity index (χ1v) is 6.74. The van der Waals surface area contributed by atoms with Crippen LogP contribution in [0.5, 0.6) is 0 Å². The number of aromatic nitrogens is 2. The van der Waals surface area contributed by atoms with Crippen molar-refractivity contribution in [1.82, 2.24) is 9.97 Å². The maximum Gasteiger partial charge on any atom is 0.0705 e. The van der Waals surface area contributed by atoms with Crippen molar-refractivity contribution in [3.8, 4) is 0 Å². The van der Waals surface area contributed by atoms with Gasteiger partial charge in [0.2, 0.25) is 0 Å². The highest BCUT2D eigenvalue weighted by Gasteiger charge is 2.00. The van der Waals surface area contributed by atoms with E-state index >= 15 is 0 Å². The number of nitrogens with zero attached hydrogens (tertiary/aromatic N) is 2. The standard InChI is InChI=1S/C17H17N3/c1-12-5-7-15-10-14(6-8-17(15)20-12)11-19-16-4-3-9-18-13(16)2/h3-10,19H,11H2,1-2H3. The normalized spacial score (nSPS) is 10.7. The molecule has 2 aromatic heterocycles. The molecule has 0 saturated carbocycles.